The molecule has 108 valence electrons. The Morgan fingerprint density at radius 3 is 2.40 bits per heavy atom. The van der Waals surface area contributed by atoms with Gasteiger partial charge < -0.3 is 0 Å². The summed E-state index contributed by atoms with van der Waals surface area (Å²) in [7, 11) is -3.78. The van der Waals surface area contributed by atoms with Gasteiger partial charge in [-0.15, -0.1) is 0 Å². The Balaban J connectivity index is 2.43. The Bertz CT molecular complexity index is 769. The molecule has 0 saturated heterocycles. The summed E-state index contributed by atoms with van der Waals surface area (Å²) in [6, 6.07) is 5.21. The second kappa shape index (κ2) is 5.37. The lowest BCUT2D eigenvalue weighted by molar-refractivity contribution is 0.595. The molecule has 8 heteroatoms. The van der Waals surface area contributed by atoms with Gasteiger partial charge in [0.1, 0.15) is 4.90 Å². The predicted molar refractivity (Wildman–Crippen MR) is 78.6 cm³/mol. The van der Waals surface area contributed by atoms with Crippen molar-refractivity contribution in [2.45, 2.75) is 25.3 Å². The highest BCUT2D eigenvalue weighted by atomic mass is 35.5. The van der Waals surface area contributed by atoms with Gasteiger partial charge in [-0.25, -0.2) is 13.6 Å². The molecule has 2 rings (SSSR count). The van der Waals surface area contributed by atoms with E-state index in [4.69, 9.17) is 28.3 Å². The zero-order valence-corrected chi connectivity index (χ0v) is 13.2. The number of hydrogen-bond donors (Lipinski definition) is 1. The second-order valence-electron chi connectivity index (χ2n) is 4.45. The molecule has 0 atom stereocenters. The maximum atomic E-state index is 11.5. The Morgan fingerprint density at radius 1 is 1.25 bits per heavy atom. The molecule has 0 amide bonds. The maximum absolute atomic E-state index is 11.5. The fourth-order valence-electron chi connectivity index (χ4n) is 2.06. The van der Waals surface area contributed by atoms with E-state index in [-0.39, 0.29) is 4.90 Å². The van der Waals surface area contributed by atoms with Crippen LogP contribution in [0.5, 0.6) is 0 Å². The third kappa shape index (κ3) is 2.98. The number of aromatic nitrogens is 2. The van der Waals surface area contributed by atoms with E-state index < -0.39 is 10.0 Å². The van der Waals surface area contributed by atoms with Crippen LogP contribution in [0.3, 0.4) is 0 Å². The fourth-order valence-corrected chi connectivity index (χ4v) is 3.35. The minimum Gasteiger partial charge on any atom is -0.264 e. The number of rotatable bonds is 3. The normalized spacial score (nSPS) is 11.8. The van der Waals surface area contributed by atoms with Crippen molar-refractivity contribution in [3.8, 4) is 0 Å². The van der Waals surface area contributed by atoms with E-state index in [1.165, 1.54) is 0 Å². The molecule has 0 aliphatic carbocycles. The molecular weight excluding hydrogens is 321 g/mol. The lowest BCUT2D eigenvalue weighted by atomic mass is 10.2. The molecule has 1 aromatic carbocycles. The molecule has 2 N–H and O–H groups in total. The number of nitrogens with two attached hydrogens (primary N) is 1. The van der Waals surface area contributed by atoms with Crippen molar-refractivity contribution in [3.63, 3.8) is 0 Å². The van der Waals surface area contributed by atoms with Gasteiger partial charge in [-0.2, -0.15) is 5.10 Å². The summed E-state index contributed by atoms with van der Waals surface area (Å²) in [5.41, 5.74) is 1.74. The van der Waals surface area contributed by atoms with Crippen molar-refractivity contribution in [1.82, 2.24) is 9.78 Å². The smallest absolute Gasteiger partial charge is 0.241 e. The Kier molecular flexibility index (Phi) is 4.11. The molecule has 1 aromatic heterocycles. The second-order valence-corrected chi connectivity index (χ2v) is 6.76. The van der Waals surface area contributed by atoms with E-state index in [0.717, 1.165) is 5.56 Å². The summed E-state index contributed by atoms with van der Waals surface area (Å²) in [4.78, 5) is 0.0672. The van der Waals surface area contributed by atoms with Crippen molar-refractivity contribution in [3.05, 3.63) is 45.2 Å². The minimum atomic E-state index is -3.78. The first kappa shape index (κ1) is 15.3. The summed E-state index contributed by atoms with van der Waals surface area (Å²) in [5.74, 6) is 0. The molecule has 20 heavy (non-hydrogen) atoms. The Morgan fingerprint density at radius 2 is 1.90 bits per heavy atom. The summed E-state index contributed by atoms with van der Waals surface area (Å²) >= 11 is 11.8. The lowest BCUT2D eigenvalue weighted by Crippen LogP contribution is -2.14. The number of aryl methyl sites for hydroxylation is 1. The maximum Gasteiger partial charge on any atom is 0.241 e. The molecule has 0 spiro atoms. The summed E-state index contributed by atoms with van der Waals surface area (Å²) in [6.07, 6.45) is 0. The molecule has 0 saturated carbocycles. The van der Waals surface area contributed by atoms with Gasteiger partial charge in [0.15, 0.2) is 0 Å². The topological polar surface area (TPSA) is 78.0 Å². The summed E-state index contributed by atoms with van der Waals surface area (Å²) < 4.78 is 24.6. The average Bonchev–Trinajstić information content (AvgIpc) is 2.58. The van der Waals surface area contributed by atoms with Crippen LogP contribution in [0.4, 0.5) is 0 Å². The third-order valence-electron chi connectivity index (χ3n) is 2.92. The number of benzene rings is 1. The third-order valence-corrected chi connectivity index (χ3v) is 4.81. The predicted octanol–water partition coefficient (Wildman–Crippen LogP) is 2.50. The number of sulfonamides is 1. The van der Waals surface area contributed by atoms with Crippen LogP contribution in [0.1, 0.15) is 17.0 Å². The molecule has 0 aliphatic heterocycles. The zero-order valence-electron chi connectivity index (χ0n) is 10.9. The van der Waals surface area contributed by atoms with Crippen molar-refractivity contribution < 1.29 is 8.42 Å². The van der Waals surface area contributed by atoms with Crippen molar-refractivity contribution in [1.29, 1.82) is 0 Å². The molecule has 0 fully saturated rings. The van der Waals surface area contributed by atoms with Crippen LogP contribution in [0.25, 0.3) is 0 Å². The minimum absolute atomic E-state index is 0.0672. The van der Waals surface area contributed by atoms with Crippen LogP contribution < -0.4 is 5.14 Å². The van der Waals surface area contributed by atoms with Crippen LogP contribution in [-0.2, 0) is 16.6 Å². The zero-order chi connectivity index (χ0) is 15.1. The summed E-state index contributed by atoms with van der Waals surface area (Å²) in [6.45, 7) is 3.66. The molecule has 1 heterocycles. The van der Waals surface area contributed by atoms with Gasteiger partial charge >= 0.3 is 0 Å². The standard InChI is InChI=1S/C12H13Cl2N3O2S/c1-7-12(20(15,18)19)8(2)17(16-7)6-9-3-4-10(13)11(14)5-9/h3-5H,6H2,1-2H3,(H2,15,18,19). The van der Waals surface area contributed by atoms with Gasteiger partial charge in [0.25, 0.3) is 0 Å². The van der Waals surface area contributed by atoms with Crippen LogP contribution in [0, 0.1) is 13.8 Å². The van der Waals surface area contributed by atoms with E-state index in [0.29, 0.717) is 28.0 Å². The first-order valence-electron chi connectivity index (χ1n) is 5.71. The van der Waals surface area contributed by atoms with Gasteiger partial charge in [-0.05, 0) is 31.5 Å². The van der Waals surface area contributed by atoms with Gasteiger partial charge in [0.05, 0.1) is 28.0 Å². The number of primary sulfonamides is 1. The monoisotopic (exact) mass is 333 g/mol. The van der Waals surface area contributed by atoms with E-state index in [1.807, 2.05) is 0 Å². The molecule has 5 nitrogen and oxygen atoms in total. The first-order chi connectivity index (χ1) is 9.20. The van der Waals surface area contributed by atoms with Crippen LogP contribution in [-0.4, -0.2) is 18.2 Å². The quantitative estimate of drug-likeness (QED) is 0.937. The van der Waals surface area contributed by atoms with Gasteiger partial charge in [0.2, 0.25) is 10.0 Å². The van der Waals surface area contributed by atoms with Crippen LogP contribution in [0.2, 0.25) is 10.0 Å². The molecule has 0 unspecified atom stereocenters. The van der Waals surface area contributed by atoms with Crippen molar-refractivity contribution in [2.24, 2.45) is 5.14 Å². The fraction of sp³-hybridized carbons (Fsp3) is 0.250. The Labute approximate surface area is 127 Å². The molecule has 0 aliphatic rings. The van der Waals surface area contributed by atoms with E-state index >= 15 is 0 Å². The van der Waals surface area contributed by atoms with Crippen molar-refractivity contribution in [2.75, 3.05) is 0 Å². The van der Waals surface area contributed by atoms with Crippen LogP contribution >= 0.6 is 23.2 Å². The first-order valence-corrected chi connectivity index (χ1v) is 8.01. The molecule has 0 bridgehead atoms. The van der Waals surface area contributed by atoms with Gasteiger partial charge in [-0.3, -0.25) is 4.68 Å². The van der Waals surface area contributed by atoms with Crippen molar-refractivity contribution >= 4 is 33.2 Å². The SMILES string of the molecule is Cc1nn(Cc2ccc(Cl)c(Cl)c2)c(C)c1S(N)(=O)=O. The van der Waals surface area contributed by atoms with E-state index in [1.54, 1.807) is 36.7 Å². The molecule has 2 aromatic rings. The highest BCUT2D eigenvalue weighted by molar-refractivity contribution is 7.89. The Hall–Kier alpha value is -1.08. The lowest BCUT2D eigenvalue weighted by Gasteiger charge is -2.06. The van der Waals surface area contributed by atoms with Crippen LogP contribution in [0.15, 0.2) is 23.1 Å². The van der Waals surface area contributed by atoms with Gasteiger partial charge in [0, 0.05) is 0 Å². The van der Waals surface area contributed by atoms with Gasteiger partial charge in [-0.1, -0.05) is 29.3 Å². The highest BCUT2D eigenvalue weighted by Gasteiger charge is 2.21. The largest absolute Gasteiger partial charge is 0.264 e. The molecule has 0 radical (unpaired) electrons. The average molecular weight is 334 g/mol. The number of hydrogen-bond acceptors (Lipinski definition) is 3. The number of halogens is 2. The molecular formula is C12H13Cl2N3O2S. The summed E-state index contributed by atoms with van der Waals surface area (Å²) in [5, 5.41) is 10.3. The highest BCUT2D eigenvalue weighted by Crippen LogP contribution is 2.24. The van der Waals surface area contributed by atoms with E-state index in [9.17, 15) is 8.42 Å². The number of nitrogens with zero attached hydrogens (tertiary/aromatic N) is 2. The van der Waals surface area contributed by atoms with E-state index in [2.05, 4.69) is 5.10 Å².